The average Bonchev–Trinajstić information content (AvgIpc) is 2.48. The molecule has 2 N–H and O–H groups in total. The summed E-state index contributed by atoms with van der Waals surface area (Å²) in [4.78, 5) is 25.5. The fourth-order valence-electron chi connectivity index (χ4n) is 2.07. The molecule has 0 aliphatic carbocycles. The Morgan fingerprint density at radius 3 is 2.67 bits per heavy atom. The molecular formula is C14H18ClN3O3. The van der Waals surface area contributed by atoms with Gasteiger partial charge >= 0.3 is 0 Å². The number of nitrogens with one attached hydrogen (secondary N) is 2. The highest BCUT2D eigenvalue weighted by Gasteiger charge is 2.20. The van der Waals surface area contributed by atoms with E-state index in [2.05, 4.69) is 10.6 Å². The Balaban J connectivity index is 2.07. The number of likely N-dealkylation sites (N-methyl/N-ethyl adjacent to an activating group) is 1. The smallest absolute Gasteiger partial charge is 0.255 e. The minimum atomic E-state index is -0.166. The summed E-state index contributed by atoms with van der Waals surface area (Å²) in [6.07, 6.45) is 0. The highest BCUT2D eigenvalue weighted by molar-refractivity contribution is 6.34. The molecule has 7 heteroatoms. The van der Waals surface area contributed by atoms with Gasteiger partial charge in [-0.25, -0.2) is 0 Å². The van der Waals surface area contributed by atoms with E-state index < -0.39 is 0 Å². The van der Waals surface area contributed by atoms with Crippen LogP contribution in [-0.2, 0) is 9.53 Å². The van der Waals surface area contributed by atoms with E-state index in [4.69, 9.17) is 16.3 Å². The van der Waals surface area contributed by atoms with Gasteiger partial charge in [-0.3, -0.25) is 9.59 Å². The van der Waals surface area contributed by atoms with Crippen LogP contribution in [0.1, 0.15) is 10.4 Å². The van der Waals surface area contributed by atoms with E-state index in [0.29, 0.717) is 42.6 Å². The largest absolute Gasteiger partial charge is 0.378 e. The molecule has 2 rings (SSSR count). The van der Waals surface area contributed by atoms with Gasteiger partial charge in [0.15, 0.2) is 0 Å². The van der Waals surface area contributed by atoms with Gasteiger partial charge in [-0.1, -0.05) is 11.6 Å². The zero-order chi connectivity index (χ0) is 15.2. The van der Waals surface area contributed by atoms with Gasteiger partial charge in [0.1, 0.15) is 0 Å². The zero-order valence-corrected chi connectivity index (χ0v) is 12.6. The van der Waals surface area contributed by atoms with Crippen LogP contribution in [0.25, 0.3) is 0 Å². The molecule has 1 aliphatic rings. The second-order valence-electron chi connectivity index (χ2n) is 4.68. The molecule has 1 aliphatic heterocycles. The summed E-state index contributed by atoms with van der Waals surface area (Å²) < 4.78 is 5.22. The van der Waals surface area contributed by atoms with E-state index in [1.165, 1.54) is 0 Å². The molecule has 0 aromatic heterocycles. The molecule has 0 spiro atoms. The summed E-state index contributed by atoms with van der Waals surface area (Å²) in [5, 5.41) is 5.78. The topological polar surface area (TPSA) is 70.7 Å². The number of nitrogens with zero attached hydrogens (tertiary/aromatic N) is 1. The Morgan fingerprint density at radius 2 is 2.05 bits per heavy atom. The monoisotopic (exact) mass is 311 g/mol. The maximum Gasteiger partial charge on any atom is 0.255 e. The van der Waals surface area contributed by atoms with Crippen LogP contribution >= 0.6 is 11.6 Å². The number of rotatable bonds is 4. The molecule has 0 radical (unpaired) electrons. The summed E-state index contributed by atoms with van der Waals surface area (Å²) in [7, 11) is 1.69. The van der Waals surface area contributed by atoms with Gasteiger partial charge in [-0.15, -0.1) is 0 Å². The Labute approximate surface area is 128 Å². The molecule has 1 saturated heterocycles. The third-order valence-electron chi connectivity index (χ3n) is 3.12. The van der Waals surface area contributed by atoms with Crippen molar-refractivity contribution < 1.29 is 14.3 Å². The fraction of sp³-hybridized carbons (Fsp3) is 0.429. The zero-order valence-electron chi connectivity index (χ0n) is 11.8. The van der Waals surface area contributed by atoms with Crippen molar-refractivity contribution in [3.63, 3.8) is 0 Å². The van der Waals surface area contributed by atoms with Crippen LogP contribution < -0.4 is 10.6 Å². The number of amides is 2. The quantitative estimate of drug-likeness (QED) is 0.869. The number of carbonyl (C=O) groups is 2. The van der Waals surface area contributed by atoms with Crippen LogP contribution in [0.3, 0.4) is 0 Å². The van der Waals surface area contributed by atoms with Crippen molar-refractivity contribution in [3.05, 3.63) is 28.8 Å². The van der Waals surface area contributed by atoms with Crippen molar-refractivity contribution >= 4 is 29.1 Å². The average molecular weight is 312 g/mol. The number of hydrogen-bond donors (Lipinski definition) is 2. The Kier molecular flexibility index (Phi) is 5.55. The summed E-state index contributed by atoms with van der Waals surface area (Å²) in [6.45, 7) is 2.43. The maximum atomic E-state index is 12.3. The first kappa shape index (κ1) is 15.8. The van der Waals surface area contributed by atoms with Gasteiger partial charge in [0.25, 0.3) is 5.91 Å². The van der Waals surface area contributed by atoms with Crippen LogP contribution in [0.2, 0.25) is 5.02 Å². The number of halogens is 1. The predicted octanol–water partition coefficient (Wildman–Crippen LogP) is 0.970. The molecule has 1 fully saturated rings. The molecule has 0 atom stereocenters. The normalized spacial score (nSPS) is 14.9. The molecule has 1 heterocycles. The number of hydrogen-bond acceptors (Lipinski definition) is 4. The lowest BCUT2D eigenvalue weighted by Crippen LogP contribution is -2.40. The van der Waals surface area contributed by atoms with E-state index in [-0.39, 0.29) is 18.4 Å². The molecule has 0 unspecified atom stereocenters. The predicted molar refractivity (Wildman–Crippen MR) is 80.7 cm³/mol. The number of ether oxygens (including phenoxy) is 1. The van der Waals surface area contributed by atoms with Crippen molar-refractivity contribution in [3.8, 4) is 0 Å². The highest BCUT2D eigenvalue weighted by Crippen LogP contribution is 2.22. The first-order chi connectivity index (χ1) is 10.1. The molecule has 21 heavy (non-hydrogen) atoms. The molecule has 114 valence electrons. The fourth-order valence-corrected chi connectivity index (χ4v) is 2.33. The third-order valence-corrected chi connectivity index (χ3v) is 3.43. The number of carbonyl (C=O) groups excluding carboxylic acids is 2. The van der Waals surface area contributed by atoms with E-state index in [1.807, 2.05) is 0 Å². The number of benzene rings is 1. The standard InChI is InChI=1S/C14H18ClN3O3/c1-16-9-13(19)17-10-2-3-11(12(15)8-10)14(20)18-4-6-21-7-5-18/h2-3,8,16H,4-7,9H2,1H3,(H,17,19). The summed E-state index contributed by atoms with van der Waals surface area (Å²) >= 11 is 6.16. The summed E-state index contributed by atoms with van der Waals surface area (Å²) in [5.74, 6) is -0.280. The summed E-state index contributed by atoms with van der Waals surface area (Å²) in [5.41, 5.74) is 1.00. The van der Waals surface area contributed by atoms with Gasteiger partial charge in [-0.05, 0) is 25.2 Å². The van der Waals surface area contributed by atoms with Crippen LogP contribution in [0.15, 0.2) is 18.2 Å². The van der Waals surface area contributed by atoms with E-state index in [1.54, 1.807) is 30.1 Å². The van der Waals surface area contributed by atoms with E-state index in [0.717, 1.165) is 0 Å². The van der Waals surface area contributed by atoms with Crippen LogP contribution in [0, 0.1) is 0 Å². The molecule has 0 saturated carbocycles. The Morgan fingerprint density at radius 1 is 1.33 bits per heavy atom. The number of morpholine rings is 1. The maximum absolute atomic E-state index is 12.3. The second-order valence-corrected chi connectivity index (χ2v) is 5.08. The highest BCUT2D eigenvalue weighted by atomic mass is 35.5. The van der Waals surface area contributed by atoms with Gasteiger partial charge in [-0.2, -0.15) is 0 Å². The Bertz CT molecular complexity index is 530. The third kappa shape index (κ3) is 4.17. The lowest BCUT2D eigenvalue weighted by Gasteiger charge is -2.27. The molecule has 1 aromatic carbocycles. The molecule has 0 bridgehead atoms. The van der Waals surface area contributed by atoms with Crippen molar-refractivity contribution in [2.45, 2.75) is 0 Å². The van der Waals surface area contributed by atoms with Gasteiger partial charge < -0.3 is 20.3 Å². The Hall–Kier alpha value is -1.63. The van der Waals surface area contributed by atoms with Crippen LogP contribution in [-0.4, -0.2) is 56.6 Å². The van der Waals surface area contributed by atoms with Crippen LogP contribution in [0.5, 0.6) is 0 Å². The molecule has 2 amide bonds. The molecule has 6 nitrogen and oxygen atoms in total. The first-order valence-corrected chi connectivity index (χ1v) is 7.10. The van der Waals surface area contributed by atoms with Gasteiger partial charge in [0.05, 0.1) is 30.3 Å². The minimum Gasteiger partial charge on any atom is -0.378 e. The SMILES string of the molecule is CNCC(=O)Nc1ccc(C(=O)N2CCOCC2)c(Cl)c1. The lowest BCUT2D eigenvalue weighted by molar-refractivity contribution is -0.115. The first-order valence-electron chi connectivity index (χ1n) is 6.73. The van der Waals surface area contributed by atoms with E-state index >= 15 is 0 Å². The second kappa shape index (κ2) is 7.40. The van der Waals surface area contributed by atoms with E-state index in [9.17, 15) is 9.59 Å². The van der Waals surface area contributed by atoms with Crippen molar-refractivity contribution in [1.82, 2.24) is 10.2 Å². The van der Waals surface area contributed by atoms with Gasteiger partial charge in [0, 0.05) is 18.8 Å². The molecule has 1 aromatic rings. The number of anilines is 1. The van der Waals surface area contributed by atoms with Crippen LogP contribution in [0.4, 0.5) is 5.69 Å². The lowest BCUT2D eigenvalue weighted by atomic mass is 10.1. The minimum absolute atomic E-state index is 0.114. The summed E-state index contributed by atoms with van der Waals surface area (Å²) in [6, 6.07) is 4.89. The van der Waals surface area contributed by atoms with Crippen molar-refractivity contribution in [1.29, 1.82) is 0 Å². The van der Waals surface area contributed by atoms with Crippen molar-refractivity contribution in [2.75, 3.05) is 45.2 Å². The van der Waals surface area contributed by atoms with Gasteiger partial charge in [0.2, 0.25) is 5.91 Å². The molecular weight excluding hydrogens is 294 g/mol. The van der Waals surface area contributed by atoms with Crippen molar-refractivity contribution in [2.24, 2.45) is 0 Å².